The second-order valence-electron chi connectivity index (χ2n) is 8.10. The van der Waals surface area contributed by atoms with Gasteiger partial charge in [-0.05, 0) is 71.5 Å². The number of ether oxygens (including phenoxy) is 1. The van der Waals surface area contributed by atoms with Gasteiger partial charge in [-0.1, -0.05) is 25.8 Å². The molecule has 1 unspecified atom stereocenters. The predicted octanol–water partition coefficient (Wildman–Crippen LogP) is 7.87. The quantitative estimate of drug-likeness (QED) is 0.363. The Balaban J connectivity index is 1.80. The number of hydrogen-bond donors (Lipinski definition) is 0. The van der Waals surface area contributed by atoms with Crippen LogP contribution < -0.4 is 4.74 Å². The van der Waals surface area contributed by atoms with Crippen LogP contribution in [0.25, 0.3) is 21.9 Å². The van der Waals surface area contributed by atoms with E-state index in [0.717, 1.165) is 49.3 Å². The zero-order chi connectivity index (χ0) is 23.2. The van der Waals surface area contributed by atoms with Gasteiger partial charge in [-0.2, -0.15) is 0 Å². The van der Waals surface area contributed by atoms with Gasteiger partial charge in [-0.15, -0.1) is 13.2 Å². The lowest BCUT2D eigenvalue weighted by atomic mass is 9.80. The maximum Gasteiger partial charge on any atom is 0.573 e. The second-order valence-corrected chi connectivity index (χ2v) is 8.10. The van der Waals surface area contributed by atoms with Crippen molar-refractivity contribution in [3.05, 3.63) is 64.7 Å². The number of aryl methyl sites for hydroxylation is 1. The highest BCUT2D eigenvalue weighted by Crippen LogP contribution is 2.39. The number of rotatable bonds is 4. The molecule has 0 radical (unpaired) electrons. The molecule has 0 amide bonds. The van der Waals surface area contributed by atoms with E-state index in [2.05, 4.69) is 11.7 Å². The molecular formula is C24H19F7O. The summed E-state index contributed by atoms with van der Waals surface area (Å²) in [5, 5.41) is 0.406. The molecule has 1 aliphatic rings. The van der Waals surface area contributed by atoms with Crippen molar-refractivity contribution >= 4 is 10.8 Å². The van der Waals surface area contributed by atoms with Crippen LogP contribution in [0.2, 0.25) is 0 Å². The van der Waals surface area contributed by atoms with Crippen molar-refractivity contribution < 1.29 is 35.5 Å². The third kappa shape index (κ3) is 4.27. The summed E-state index contributed by atoms with van der Waals surface area (Å²) in [6.45, 7) is 2.11. The molecule has 3 aromatic carbocycles. The van der Waals surface area contributed by atoms with E-state index in [-0.39, 0.29) is 5.39 Å². The molecule has 0 heterocycles. The van der Waals surface area contributed by atoms with Crippen LogP contribution in [0.3, 0.4) is 0 Å². The van der Waals surface area contributed by atoms with E-state index >= 15 is 4.39 Å². The van der Waals surface area contributed by atoms with Crippen molar-refractivity contribution in [3.63, 3.8) is 0 Å². The Labute approximate surface area is 179 Å². The van der Waals surface area contributed by atoms with Gasteiger partial charge in [0.25, 0.3) is 0 Å². The lowest BCUT2D eigenvalue weighted by molar-refractivity contribution is -0.276. The molecule has 8 heteroatoms. The lowest BCUT2D eigenvalue weighted by Gasteiger charge is -2.25. The Morgan fingerprint density at radius 3 is 2.22 bits per heavy atom. The monoisotopic (exact) mass is 456 g/mol. The van der Waals surface area contributed by atoms with Crippen LogP contribution in [-0.4, -0.2) is 6.36 Å². The summed E-state index contributed by atoms with van der Waals surface area (Å²) in [5.41, 5.74) is 0.688. The van der Waals surface area contributed by atoms with Crippen molar-refractivity contribution in [3.8, 4) is 16.9 Å². The fourth-order valence-electron chi connectivity index (χ4n) is 4.50. The van der Waals surface area contributed by atoms with Crippen LogP contribution in [0.4, 0.5) is 30.7 Å². The predicted molar refractivity (Wildman–Crippen MR) is 106 cm³/mol. The highest BCUT2D eigenvalue weighted by Gasteiger charge is 2.34. The Morgan fingerprint density at radius 2 is 1.59 bits per heavy atom. The molecule has 0 aliphatic heterocycles. The molecule has 3 aromatic rings. The molecule has 4 rings (SSSR count). The Kier molecular flexibility index (Phi) is 5.81. The summed E-state index contributed by atoms with van der Waals surface area (Å²) in [6, 6.07) is 5.28. The fraction of sp³-hybridized carbons (Fsp3) is 0.333. The van der Waals surface area contributed by atoms with Gasteiger partial charge in [0, 0.05) is 5.39 Å². The van der Waals surface area contributed by atoms with Gasteiger partial charge >= 0.3 is 6.36 Å². The molecule has 0 N–H and O–H groups in total. The summed E-state index contributed by atoms with van der Waals surface area (Å²) >= 11 is 0. The molecule has 1 atom stereocenters. The summed E-state index contributed by atoms with van der Waals surface area (Å²) in [5.74, 6) is -6.70. The van der Waals surface area contributed by atoms with Crippen LogP contribution in [0, 0.1) is 29.2 Å². The van der Waals surface area contributed by atoms with Crippen LogP contribution >= 0.6 is 0 Å². The Hall–Kier alpha value is -2.77. The van der Waals surface area contributed by atoms with E-state index in [1.54, 1.807) is 12.1 Å². The van der Waals surface area contributed by atoms with Crippen molar-refractivity contribution in [1.29, 1.82) is 0 Å². The van der Waals surface area contributed by atoms with E-state index in [1.165, 1.54) is 0 Å². The van der Waals surface area contributed by atoms with Crippen LogP contribution in [0.5, 0.6) is 5.75 Å². The minimum atomic E-state index is -5.32. The lowest BCUT2D eigenvalue weighted by Crippen LogP contribution is -2.19. The zero-order valence-corrected chi connectivity index (χ0v) is 17.1. The van der Waals surface area contributed by atoms with E-state index < -0.39 is 46.5 Å². The summed E-state index contributed by atoms with van der Waals surface area (Å²) in [4.78, 5) is 0. The SMILES string of the molecule is CCCC1CCc2cc3c(F)c(-c4cc(F)c(OC(F)(F)F)c(F)c4)c(F)cc3cc2C1. The number of alkyl halides is 3. The van der Waals surface area contributed by atoms with E-state index in [0.29, 0.717) is 23.4 Å². The first-order chi connectivity index (χ1) is 15.1. The van der Waals surface area contributed by atoms with Crippen molar-refractivity contribution in [1.82, 2.24) is 0 Å². The molecule has 0 saturated carbocycles. The zero-order valence-electron chi connectivity index (χ0n) is 17.1. The van der Waals surface area contributed by atoms with Crippen LogP contribution in [0.1, 0.15) is 37.3 Å². The number of hydrogen-bond acceptors (Lipinski definition) is 1. The summed E-state index contributed by atoms with van der Waals surface area (Å²) in [7, 11) is 0. The first-order valence-electron chi connectivity index (χ1n) is 10.3. The molecule has 0 fully saturated rings. The van der Waals surface area contributed by atoms with E-state index in [9.17, 15) is 26.3 Å². The van der Waals surface area contributed by atoms with Gasteiger partial charge in [-0.25, -0.2) is 17.6 Å². The third-order valence-electron chi connectivity index (χ3n) is 5.88. The Bertz CT molecular complexity index is 1160. The molecule has 0 spiro atoms. The molecule has 32 heavy (non-hydrogen) atoms. The highest BCUT2D eigenvalue weighted by atomic mass is 19.4. The standard InChI is InChI=1S/C24H19F7O/c1-2-3-12-4-5-13-8-17-15(7-14(13)6-12)9-18(25)21(22(17)28)16-10-19(26)23(20(27)11-16)32-24(29,30)31/h7-12H,2-6H2,1H3. The molecule has 1 nitrogen and oxygen atoms in total. The van der Waals surface area contributed by atoms with Crippen molar-refractivity contribution in [2.24, 2.45) is 5.92 Å². The normalized spacial score (nSPS) is 16.3. The molecule has 170 valence electrons. The van der Waals surface area contributed by atoms with Gasteiger partial charge in [0.1, 0.15) is 11.6 Å². The van der Waals surface area contributed by atoms with Crippen LogP contribution in [-0.2, 0) is 12.8 Å². The number of benzene rings is 3. The van der Waals surface area contributed by atoms with Gasteiger partial charge in [0.15, 0.2) is 11.6 Å². The van der Waals surface area contributed by atoms with E-state index in [4.69, 9.17) is 0 Å². The largest absolute Gasteiger partial charge is 0.573 e. The average Bonchev–Trinajstić information content (AvgIpc) is 2.69. The first kappa shape index (κ1) is 22.4. The molecule has 0 bridgehead atoms. The van der Waals surface area contributed by atoms with Gasteiger partial charge < -0.3 is 4.74 Å². The summed E-state index contributed by atoms with van der Waals surface area (Å²) < 4.78 is 98.8. The molecule has 0 aromatic heterocycles. The average molecular weight is 456 g/mol. The third-order valence-corrected chi connectivity index (χ3v) is 5.88. The fourth-order valence-corrected chi connectivity index (χ4v) is 4.50. The maximum absolute atomic E-state index is 15.3. The highest BCUT2D eigenvalue weighted by molar-refractivity contribution is 5.90. The second kappa shape index (κ2) is 8.30. The molecular weight excluding hydrogens is 437 g/mol. The smallest absolute Gasteiger partial charge is 0.399 e. The molecule has 0 saturated heterocycles. The number of fused-ring (bicyclic) bond motifs is 2. The van der Waals surface area contributed by atoms with Crippen molar-refractivity contribution in [2.75, 3.05) is 0 Å². The van der Waals surface area contributed by atoms with Gasteiger partial charge in [0.2, 0.25) is 5.75 Å². The van der Waals surface area contributed by atoms with Crippen LogP contribution in [0.15, 0.2) is 30.3 Å². The van der Waals surface area contributed by atoms with Gasteiger partial charge in [0.05, 0.1) is 5.56 Å². The van der Waals surface area contributed by atoms with Crippen molar-refractivity contribution in [2.45, 2.75) is 45.4 Å². The van der Waals surface area contributed by atoms with E-state index in [1.807, 2.05) is 0 Å². The first-order valence-corrected chi connectivity index (χ1v) is 10.3. The number of halogens is 7. The topological polar surface area (TPSA) is 9.23 Å². The summed E-state index contributed by atoms with van der Waals surface area (Å²) in [6.07, 6.45) is -0.669. The van der Waals surface area contributed by atoms with Gasteiger partial charge in [-0.3, -0.25) is 0 Å². The Morgan fingerprint density at radius 1 is 0.906 bits per heavy atom. The molecule has 1 aliphatic carbocycles. The maximum atomic E-state index is 15.3. The minimum absolute atomic E-state index is 0.0884. The minimum Gasteiger partial charge on any atom is -0.399 e.